The zero-order valence-electron chi connectivity index (χ0n) is 8.67. The lowest BCUT2D eigenvalue weighted by molar-refractivity contribution is 0.255. The molecule has 92 valence electrons. The zero-order valence-corrected chi connectivity index (χ0v) is 8.67. The van der Waals surface area contributed by atoms with E-state index in [0.29, 0.717) is 26.2 Å². The van der Waals surface area contributed by atoms with Crippen LogP contribution in [0.4, 0.5) is 0 Å². The second-order valence-corrected chi connectivity index (χ2v) is 3.11. The molecule has 0 aliphatic carbocycles. The van der Waals surface area contributed by atoms with Crippen LogP contribution in [0.5, 0.6) is 0 Å². The number of piperazine rings is 1. The van der Waals surface area contributed by atoms with Crippen LogP contribution in [-0.4, -0.2) is 47.9 Å². The molecule has 0 aromatic heterocycles. The topological polar surface area (TPSA) is 131 Å². The lowest BCUT2D eigenvalue weighted by atomic mass is 10.3. The third-order valence-corrected chi connectivity index (χ3v) is 2.26. The number of hydrogen-bond acceptors (Lipinski definition) is 4. The second kappa shape index (κ2) is 6.90. The molecule has 1 aliphatic rings. The molecular weight excluding hydrogens is 220 g/mol. The van der Waals surface area contributed by atoms with Crippen LogP contribution in [0, 0.1) is 22.9 Å². The summed E-state index contributed by atoms with van der Waals surface area (Å²) in [4.78, 5) is 10.5. The van der Waals surface area contributed by atoms with Crippen LogP contribution in [-0.2, 0) is 0 Å². The molecule has 0 bridgehead atoms. The van der Waals surface area contributed by atoms with Gasteiger partial charge in [0, 0.05) is 26.2 Å². The van der Waals surface area contributed by atoms with Gasteiger partial charge in [-0.05, 0) is 0 Å². The first kappa shape index (κ1) is 14.5. The van der Waals surface area contributed by atoms with Gasteiger partial charge in [0.15, 0.2) is 0 Å². The maximum Gasteiger partial charge on any atom is 0.209 e. The average Bonchev–Trinajstić information content (AvgIpc) is 2.30. The van der Waals surface area contributed by atoms with Crippen LogP contribution < -0.4 is 11.5 Å². The van der Waals surface area contributed by atoms with E-state index in [1.165, 1.54) is 0 Å². The summed E-state index contributed by atoms with van der Waals surface area (Å²) in [5, 5.41) is 16.7. The van der Waals surface area contributed by atoms with Gasteiger partial charge in [-0.3, -0.25) is 0 Å². The molecule has 8 heteroatoms. The highest BCUT2D eigenvalue weighted by Crippen LogP contribution is 2.00. The summed E-state index contributed by atoms with van der Waals surface area (Å²) in [7, 11) is 0. The Kier molecular flexibility index (Phi) is 5.90. The maximum absolute atomic E-state index is 8.35. The molecule has 0 aromatic carbocycles. The normalized spacial score (nSPS) is 16.8. The molecule has 0 saturated carbocycles. The van der Waals surface area contributed by atoms with Crippen LogP contribution in [0.3, 0.4) is 0 Å². The van der Waals surface area contributed by atoms with E-state index >= 15 is 0 Å². The minimum atomic E-state index is 0. The van der Waals surface area contributed by atoms with Crippen molar-refractivity contribution < 1.29 is 0 Å². The van der Waals surface area contributed by atoms with Crippen LogP contribution >= 0.6 is 0 Å². The van der Waals surface area contributed by atoms with Gasteiger partial charge in [0.25, 0.3) is 0 Å². The number of nitrogens with two attached hydrogens (primary N) is 2. The molecule has 1 aliphatic heterocycles. The fraction of sp³-hybridized carbons (Fsp3) is 0.556. The minimum Gasteiger partial charge on any atom is -0.369 e. The average molecular weight is 236 g/mol. The highest BCUT2D eigenvalue weighted by atomic mass is 15.4. The van der Waals surface area contributed by atoms with Gasteiger partial charge in [-0.1, -0.05) is 7.43 Å². The Morgan fingerprint density at radius 1 is 0.882 bits per heavy atom. The van der Waals surface area contributed by atoms with Gasteiger partial charge in [-0.15, -0.1) is 9.98 Å². The van der Waals surface area contributed by atoms with E-state index in [-0.39, 0.29) is 19.3 Å². The predicted molar refractivity (Wildman–Crippen MR) is 64.3 cm³/mol. The van der Waals surface area contributed by atoms with Gasteiger partial charge in [-0.25, -0.2) is 0 Å². The molecule has 1 saturated heterocycles. The smallest absolute Gasteiger partial charge is 0.209 e. The monoisotopic (exact) mass is 236 g/mol. The third kappa shape index (κ3) is 3.87. The molecule has 0 amide bonds. The van der Waals surface area contributed by atoms with Crippen molar-refractivity contribution in [1.29, 1.82) is 10.5 Å². The number of aliphatic imine (C=N–C) groups is 2. The maximum atomic E-state index is 8.35. The van der Waals surface area contributed by atoms with Gasteiger partial charge in [-0.2, -0.15) is 10.5 Å². The molecule has 0 unspecified atom stereocenters. The predicted octanol–water partition coefficient (Wildman–Crippen LogP) is -1.17. The molecule has 1 heterocycles. The zero-order chi connectivity index (χ0) is 12.0. The van der Waals surface area contributed by atoms with Crippen molar-refractivity contribution in [1.82, 2.24) is 9.80 Å². The van der Waals surface area contributed by atoms with Crippen molar-refractivity contribution in [2.75, 3.05) is 26.2 Å². The van der Waals surface area contributed by atoms with Gasteiger partial charge < -0.3 is 21.3 Å². The van der Waals surface area contributed by atoms with Crippen molar-refractivity contribution in [3.05, 3.63) is 0 Å². The molecule has 1 rings (SSSR count). The van der Waals surface area contributed by atoms with E-state index in [2.05, 4.69) is 9.98 Å². The van der Waals surface area contributed by atoms with Crippen LogP contribution in [0.15, 0.2) is 9.98 Å². The summed E-state index contributed by atoms with van der Waals surface area (Å²) in [6.07, 6.45) is 3.27. The molecule has 0 spiro atoms. The third-order valence-electron chi connectivity index (χ3n) is 2.26. The summed E-state index contributed by atoms with van der Waals surface area (Å²) in [6.45, 7) is 2.38. The van der Waals surface area contributed by atoms with E-state index < -0.39 is 0 Å². The van der Waals surface area contributed by atoms with Crippen molar-refractivity contribution >= 4 is 11.9 Å². The van der Waals surface area contributed by atoms with Crippen LogP contribution in [0.25, 0.3) is 0 Å². The first-order valence-corrected chi connectivity index (χ1v) is 4.63. The van der Waals surface area contributed by atoms with Gasteiger partial charge >= 0.3 is 0 Å². The minimum absolute atomic E-state index is 0. The Morgan fingerprint density at radius 3 is 1.41 bits per heavy atom. The van der Waals surface area contributed by atoms with Gasteiger partial charge in [0.05, 0.1) is 0 Å². The van der Waals surface area contributed by atoms with Crippen molar-refractivity contribution in [2.45, 2.75) is 7.43 Å². The molecular formula is C9H16N8. The fourth-order valence-corrected chi connectivity index (χ4v) is 1.41. The highest BCUT2D eigenvalue weighted by Gasteiger charge is 2.19. The van der Waals surface area contributed by atoms with Crippen molar-refractivity contribution in [3.63, 3.8) is 0 Å². The highest BCUT2D eigenvalue weighted by molar-refractivity contribution is 5.81. The fourth-order valence-electron chi connectivity index (χ4n) is 1.41. The summed E-state index contributed by atoms with van der Waals surface area (Å²) < 4.78 is 0. The second-order valence-electron chi connectivity index (χ2n) is 3.11. The van der Waals surface area contributed by atoms with E-state index in [1.807, 2.05) is 0 Å². The van der Waals surface area contributed by atoms with E-state index in [9.17, 15) is 0 Å². The molecule has 0 radical (unpaired) electrons. The van der Waals surface area contributed by atoms with Crippen molar-refractivity contribution in [2.24, 2.45) is 21.5 Å². The van der Waals surface area contributed by atoms with Crippen LogP contribution in [0.1, 0.15) is 7.43 Å². The molecule has 17 heavy (non-hydrogen) atoms. The molecule has 1 fully saturated rings. The molecule has 8 nitrogen and oxygen atoms in total. The number of nitriles is 2. The lowest BCUT2D eigenvalue weighted by Gasteiger charge is -2.35. The first-order chi connectivity index (χ1) is 7.69. The Labute approximate surface area is 100 Å². The van der Waals surface area contributed by atoms with Crippen molar-refractivity contribution in [3.8, 4) is 12.4 Å². The number of guanidine groups is 2. The summed E-state index contributed by atoms with van der Waals surface area (Å²) in [6, 6.07) is 0. The molecule has 0 atom stereocenters. The number of rotatable bonds is 0. The van der Waals surface area contributed by atoms with Gasteiger partial charge in [0.1, 0.15) is 0 Å². The summed E-state index contributed by atoms with van der Waals surface area (Å²) in [5.41, 5.74) is 11.1. The first-order valence-electron chi connectivity index (χ1n) is 4.63. The number of nitrogens with zero attached hydrogens (tertiary/aromatic N) is 6. The van der Waals surface area contributed by atoms with Crippen LogP contribution in [0.2, 0.25) is 0 Å². The summed E-state index contributed by atoms with van der Waals surface area (Å²) >= 11 is 0. The largest absolute Gasteiger partial charge is 0.369 e. The van der Waals surface area contributed by atoms with Gasteiger partial charge in [0.2, 0.25) is 24.3 Å². The summed E-state index contributed by atoms with van der Waals surface area (Å²) in [5.74, 6) is 0.413. The number of hydrogen-bond donors (Lipinski definition) is 2. The lowest BCUT2D eigenvalue weighted by Crippen LogP contribution is -2.54. The Morgan fingerprint density at radius 2 is 1.18 bits per heavy atom. The molecule has 0 aromatic rings. The Hall–Kier alpha value is -2.48. The Bertz CT molecular complexity index is 339. The van der Waals surface area contributed by atoms with E-state index in [1.54, 1.807) is 22.2 Å². The van der Waals surface area contributed by atoms with E-state index in [0.717, 1.165) is 0 Å². The standard InChI is InChI=1S/C8H12N8.CH4/c9-5-13-7(11)15-1-2-16(4-3-15)8(12)14-6-10;/h1-4H2,(H2,11,13)(H2,12,14);1H4. The quantitative estimate of drug-likeness (QED) is 0.309. The SMILES string of the molecule is C.N#CN=C(N)N1CCN(C(N)=NC#N)CC1. The Balaban J connectivity index is 0.00000256. The molecule has 4 N–H and O–H groups in total. The van der Waals surface area contributed by atoms with E-state index in [4.69, 9.17) is 22.0 Å².